The largest absolute Gasteiger partial charge is 0.507 e. The van der Waals surface area contributed by atoms with E-state index in [-0.39, 0.29) is 34.5 Å². The van der Waals surface area contributed by atoms with Crippen LogP contribution < -0.4 is 0 Å². The Morgan fingerprint density at radius 2 is 1.21 bits per heavy atom. The number of aromatic nitrogens is 3. The molecule has 0 unspecified atom stereocenters. The zero-order valence-corrected chi connectivity index (χ0v) is 40.5. The molecule has 4 heteroatoms. The monoisotopic (exact) mass is 881 g/mol. The molecule has 0 aliphatic carbocycles. The molecule has 2 heterocycles. The lowest BCUT2D eigenvalue weighted by molar-refractivity contribution is 0.466. The normalized spacial score (nSPS) is 12.8. The molecule has 4 nitrogen and oxygen atoms in total. The van der Waals surface area contributed by atoms with E-state index in [9.17, 15) is 5.11 Å². The second kappa shape index (κ2) is 18.0. The highest BCUT2D eigenvalue weighted by Gasteiger charge is 2.25. The lowest BCUT2D eigenvalue weighted by Gasteiger charge is -2.23. The van der Waals surface area contributed by atoms with E-state index in [1.54, 1.807) is 0 Å². The maximum Gasteiger partial charge on any atom is 0.149 e. The van der Waals surface area contributed by atoms with Crippen LogP contribution >= 0.6 is 0 Å². The molecule has 0 saturated carbocycles. The summed E-state index contributed by atoms with van der Waals surface area (Å²) in [6, 6.07) is 52.4. The topological polar surface area (TPSA) is 50.9 Å². The highest BCUT2D eigenvalue weighted by atomic mass is 16.3. The van der Waals surface area contributed by atoms with E-state index in [1.807, 2.05) is 71.4 Å². The van der Waals surface area contributed by atoms with Crippen LogP contribution in [0.1, 0.15) is 118 Å². The average molecular weight is 881 g/mol. The van der Waals surface area contributed by atoms with Crippen LogP contribution in [-0.2, 0) is 5.41 Å². The van der Waals surface area contributed by atoms with Gasteiger partial charge in [-0.2, -0.15) is 0 Å². The molecule has 0 amide bonds. The van der Waals surface area contributed by atoms with Crippen molar-refractivity contribution in [3.63, 3.8) is 0 Å². The first-order chi connectivity index (χ1) is 33.2. The van der Waals surface area contributed by atoms with Crippen molar-refractivity contribution in [1.82, 2.24) is 14.5 Å². The Balaban J connectivity index is 1.33. The maximum absolute atomic E-state index is 12.4. The third-order valence-corrected chi connectivity index (χ3v) is 13.2. The lowest BCUT2D eigenvalue weighted by Crippen LogP contribution is -2.12. The van der Waals surface area contributed by atoms with Crippen molar-refractivity contribution >= 4 is 11.0 Å². The smallest absolute Gasteiger partial charge is 0.149 e. The van der Waals surface area contributed by atoms with E-state index >= 15 is 0 Å². The number of aryl methyl sites for hydroxylation is 2. The van der Waals surface area contributed by atoms with Gasteiger partial charge in [0.15, 0.2) is 0 Å². The first kappa shape index (κ1) is 41.4. The van der Waals surface area contributed by atoms with Gasteiger partial charge >= 0.3 is 0 Å². The molecule has 67 heavy (non-hydrogen) atoms. The first-order valence-electron chi connectivity index (χ1n) is 25.2. The second-order valence-corrected chi connectivity index (χ2v) is 20.2. The number of fused-ring (bicyclic) bond motifs is 1. The summed E-state index contributed by atoms with van der Waals surface area (Å²) in [5.74, 6) is 1.05. The minimum absolute atomic E-state index is 0.0138. The molecule has 2 aromatic heterocycles. The van der Waals surface area contributed by atoms with Crippen molar-refractivity contribution in [3.05, 3.63) is 191 Å². The Morgan fingerprint density at radius 1 is 0.552 bits per heavy atom. The van der Waals surface area contributed by atoms with Crippen molar-refractivity contribution in [1.29, 1.82) is 0 Å². The number of pyridine rings is 1. The molecule has 9 aromatic rings. The zero-order chi connectivity index (χ0) is 49.8. The summed E-state index contributed by atoms with van der Waals surface area (Å²) in [5.41, 5.74) is 17.6. The minimum Gasteiger partial charge on any atom is -0.507 e. The van der Waals surface area contributed by atoms with Crippen molar-refractivity contribution in [2.24, 2.45) is 0 Å². The number of imidazole rings is 1. The van der Waals surface area contributed by atoms with Crippen LogP contribution in [0.25, 0.3) is 83.9 Å². The van der Waals surface area contributed by atoms with Gasteiger partial charge in [-0.1, -0.05) is 165 Å². The van der Waals surface area contributed by atoms with E-state index < -0.39 is 6.85 Å². The summed E-state index contributed by atoms with van der Waals surface area (Å²) in [6.45, 7) is 19.1. The van der Waals surface area contributed by atoms with Gasteiger partial charge in [-0.3, -0.25) is 9.55 Å². The fraction of sp³-hybridized carbons (Fsp3) is 0.238. The lowest BCUT2D eigenvalue weighted by atomic mass is 9.82. The summed E-state index contributed by atoms with van der Waals surface area (Å²) in [4.78, 5) is 10.5. The van der Waals surface area contributed by atoms with Crippen LogP contribution in [-0.4, -0.2) is 19.6 Å². The Bertz CT molecular complexity index is 3390. The van der Waals surface area contributed by atoms with Gasteiger partial charge in [0.25, 0.3) is 0 Å². The number of para-hydroxylation sites is 1. The average Bonchev–Trinajstić information content (AvgIpc) is 3.73. The van der Waals surface area contributed by atoms with Crippen LogP contribution in [0, 0.1) is 13.8 Å². The first-order valence-corrected chi connectivity index (χ1v) is 23.7. The number of phenols is 1. The predicted molar refractivity (Wildman–Crippen MR) is 284 cm³/mol. The van der Waals surface area contributed by atoms with Gasteiger partial charge in [0.05, 0.1) is 28.0 Å². The highest BCUT2D eigenvalue weighted by Crippen LogP contribution is 2.44. The fourth-order valence-electron chi connectivity index (χ4n) is 9.12. The van der Waals surface area contributed by atoms with E-state index in [0.29, 0.717) is 28.1 Å². The predicted octanol–water partition coefficient (Wildman–Crippen LogP) is 17.4. The van der Waals surface area contributed by atoms with E-state index in [1.165, 1.54) is 16.7 Å². The number of rotatable bonds is 10. The number of hydrogen-bond donors (Lipinski definition) is 1. The molecule has 0 spiro atoms. The molecule has 1 N–H and O–H groups in total. The van der Waals surface area contributed by atoms with Crippen LogP contribution in [0.3, 0.4) is 0 Å². The summed E-state index contributed by atoms with van der Waals surface area (Å²) >= 11 is 0. The van der Waals surface area contributed by atoms with Crippen molar-refractivity contribution < 1.29 is 9.22 Å². The molecule has 7 aromatic carbocycles. The van der Waals surface area contributed by atoms with Gasteiger partial charge in [-0.15, -0.1) is 0 Å². The number of nitrogens with zero attached hydrogens (tertiary/aromatic N) is 3. The number of benzene rings is 7. The zero-order valence-electron chi connectivity index (χ0n) is 43.5. The summed E-state index contributed by atoms with van der Waals surface area (Å²) < 4.78 is 29.4. The molecule has 0 atom stereocenters. The standard InChI is InChI=1S/C63H63N3O/c1-38(2)47-29-50(34-53(33-47)63(9,10)11)45-24-25-58(42(8)28-45)66-59-19-15-18-54(60(59)65-62(66)56-36-48(39(3)4)35-55(40(5)6)61(56)67)51-30-49(43-16-13-12-14-17-43)31-52(32-51)57-37-46(26-27-64-57)44-22-20-41(7)21-23-44/h12-40,67H,1-11H3/i8D3. The van der Waals surface area contributed by atoms with Crippen molar-refractivity contribution in [2.75, 3.05) is 0 Å². The van der Waals surface area contributed by atoms with Gasteiger partial charge in [-0.25, -0.2) is 4.98 Å². The number of aromatic hydroxyl groups is 1. The third kappa shape index (κ3) is 8.98. The fourth-order valence-corrected chi connectivity index (χ4v) is 9.12. The van der Waals surface area contributed by atoms with Gasteiger partial charge < -0.3 is 5.11 Å². The van der Waals surface area contributed by atoms with Crippen LogP contribution in [0.4, 0.5) is 0 Å². The molecule has 0 bridgehead atoms. The number of phenolic OH excluding ortho intramolecular Hbond substituents is 1. The Hall–Kier alpha value is -7.04. The minimum atomic E-state index is -2.51. The van der Waals surface area contributed by atoms with Crippen LogP contribution in [0.2, 0.25) is 0 Å². The summed E-state index contributed by atoms with van der Waals surface area (Å²) in [7, 11) is 0. The van der Waals surface area contributed by atoms with E-state index in [4.69, 9.17) is 14.1 Å². The Labute approximate surface area is 402 Å². The molecule has 0 aliphatic rings. The second-order valence-electron chi connectivity index (χ2n) is 20.2. The third-order valence-electron chi connectivity index (χ3n) is 13.2. The molecule has 0 saturated heterocycles. The summed E-state index contributed by atoms with van der Waals surface area (Å²) in [6.07, 6.45) is 1.87. The van der Waals surface area contributed by atoms with Crippen LogP contribution in [0.15, 0.2) is 158 Å². The summed E-state index contributed by atoms with van der Waals surface area (Å²) in [5, 5.41) is 12.4. The quantitative estimate of drug-likeness (QED) is 0.149. The van der Waals surface area contributed by atoms with Crippen molar-refractivity contribution in [2.45, 2.75) is 99.3 Å². The Morgan fingerprint density at radius 3 is 1.91 bits per heavy atom. The molecular weight excluding hydrogens is 815 g/mol. The van der Waals surface area contributed by atoms with E-state index in [2.05, 4.69) is 160 Å². The van der Waals surface area contributed by atoms with Gasteiger partial charge in [-0.05, 0) is 158 Å². The van der Waals surface area contributed by atoms with Gasteiger partial charge in [0.2, 0.25) is 0 Å². The maximum atomic E-state index is 12.4. The van der Waals surface area contributed by atoms with Gasteiger partial charge in [0.1, 0.15) is 11.6 Å². The number of hydrogen-bond acceptors (Lipinski definition) is 3. The van der Waals surface area contributed by atoms with Crippen LogP contribution in [0.5, 0.6) is 5.75 Å². The highest BCUT2D eigenvalue weighted by molar-refractivity contribution is 5.98. The molecule has 0 aliphatic heterocycles. The molecule has 9 rings (SSSR count). The molecule has 0 radical (unpaired) electrons. The molecule has 336 valence electrons. The molecular formula is C63H63N3O. The van der Waals surface area contributed by atoms with E-state index in [0.717, 1.165) is 66.9 Å². The molecule has 0 fully saturated rings. The Kier molecular flexibility index (Phi) is 11.1. The van der Waals surface area contributed by atoms with Gasteiger partial charge in [0, 0.05) is 21.4 Å². The SMILES string of the molecule is [2H]C([2H])([2H])c1cc(-c2cc(C(C)C)cc(C(C)(C)C)c2)ccc1-n1c(-c2cc(C(C)C)cc(C(C)C)c2O)nc2c(-c3cc(-c4ccccc4)cc(-c4cc(-c5ccc(C)cc5)ccn4)c3)cccc21. The van der Waals surface area contributed by atoms with Crippen molar-refractivity contribution in [3.8, 4) is 78.6 Å².